The Labute approximate surface area is 205 Å². The highest BCUT2D eigenvalue weighted by molar-refractivity contribution is 6.32. The molecular formula is C24H24ClN7O3. The highest BCUT2D eigenvalue weighted by Gasteiger charge is 2.44. The summed E-state index contributed by atoms with van der Waals surface area (Å²) >= 11 is 6.36. The number of aliphatic hydroxyl groups excluding tert-OH is 1. The molecule has 1 N–H and O–H groups in total. The third-order valence-electron chi connectivity index (χ3n) is 7.31. The maximum absolute atomic E-state index is 13.9. The van der Waals surface area contributed by atoms with E-state index in [0.29, 0.717) is 54.1 Å². The Balaban J connectivity index is 1.51. The lowest BCUT2D eigenvalue weighted by molar-refractivity contribution is 0.0810. The SMILES string of the molecule is CC1(c2nc(-c3ncn4c3c(=O)n(CCN3CCC(O)CC3)c3c(C#N)c(Cl)ccc34)no2)CC1. The number of rotatable bonds is 5. The molecular weight excluding hydrogens is 470 g/mol. The number of aliphatic hydroxyl groups is 1. The maximum atomic E-state index is 13.9. The Morgan fingerprint density at radius 2 is 2.03 bits per heavy atom. The van der Waals surface area contributed by atoms with Gasteiger partial charge in [0, 0.05) is 31.6 Å². The van der Waals surface area contributed by atoms with Crippen LogP contribution in [0.3, 0.4) is 0 Å². The third-order valence-corrected chi connectivity index (χ3v) is 7.63. The summed E-state index contributed by atoms with van der Waals surface area (Å²) in [5.41, 5.74) is 1.63. The van der Waals surface area contributed by atoms with Crippen molar-refractivity contribution < 1.29 is 9.63 Å². The van der Waals surface area contributed by atoms with Gasteiger partial charge in [0.25, 0.3) is 5.56 Å². The van der Waals surface area contributed by atoms with Crippen LogP contribution in [0.4, 0.5) is 0 Å². The first-order valence-corrected chi connectivity index (χ1v) is 12.1. The number of piperidine rings is 1. The van der Waals surface area contributed by atoms with Crippen molar-refractivity contribution in [1.29, 1.82) is 5.26 Å². The molecule has 1 aliphatic carbocycles. The summed E-state index contributed by atoms with van der Waals surface area (Å²) in [5, 5.41) is 24.1. The number of benzene rings is 1. The van der Waals surface area contributed by atoms with Crippen LogP contribution in [0.15, 0.2) is 27.8 Å². The number of imidazole rings is 1. The zero-order chi connectivity index (χ0) is 24.3. The molecule has 11 heteroatoms. The molecule has 2 fully saturated rings. The Kier molecular flexibility index (Phi) is 5.18. The topological polar surface area (TPSA) is 125 Å². The van der Waals surface area contributed by atoms with E-state index in [1.165, 1.54) is 0 Å². The summed E-state index contributed by atoms with van der Waals surface area (Å²) in [6, 6.07) is 5.61. The molecule has 180 valence electrons. The van der Waals surface area contributed by atoms with Gasteiger partial charge in [-0.2, -0.15) is 10.2 Å². The molecule has 1 saturated heterocycles. The van der Waals surface area contributed by atoms with E-state index in [4.69, 9.17) is 16.1 Å². The minimum absolute atomic E-state index is 0.103. The Bertz CT molecular complexity index is 1550. The van der Waals surface area contributed by atoms with E-state index in [0.717, 1.165) is 25.9 Å². The van der Waals surface area contributed by atoms with Crippen molar-refractivity contribution in [2.45, 2.75) is 50.7 Å². The quantitative estimate of drug-likeness (QED) is 0.450. The fourth-order valence-corrected chi connectivity index (χ4v) is 5.02. The van der Waals surface area contributed by atoms with Gasteiger partial charge in [0.1, 0.15) is 23.6 Å². The monoisotopic (exact) mass is 493 g/mol. The van der Waals surface area contributed by atoms with Crippen LogP contribution in [0.25, 0.3) is 28.1 Å². The van der Waals surface area contributed by atoms with Gasteiger partial charge in [0.2, 0.25) is 11.7 Å². The van der Waals surface area contributed by atoms with Crippen LogP contribution in [0.2, 0.25) is 5.02 Å². The number of likely N-dealkylation sites (tertiary alicyclic amines) is 1. The molecule has 1 aromatic carbocycles. The van der Waals surface area contributed by atoms with E-state index < -0.39 is 0 Å². The fourth-order valence-electron chi connectivity index (χ4n) is 4.82. The molecule has 6 rings (SSSR count). The highest BCUT2D eigenvalue weighted by atomic mass is 35.5. The maximum Gasteiger partial charge on any atom is 0.277 e. The van der Waals surface area contributed by atoms with Crippen molar-refractivity contribution in [2.24, 2.45) is 0 Å². The van der Waals surface area contributed by atoms with E-state index in [9.17, 15) is 15.2 Å². The Hall–Kier alpha value is -3.26. The van der Waals surface area contributed by atoms with Crippen molar-refractivity contribution in [1.82, 2.24) is 29.0 Å². The molecule has 10 nitrogen and oxygen atoms in total. The summed E-state index contributed by atoms with van der Waals surface area (Å²) in [6.07, 6.45) is 4.66. The van der Waals surface area contributed by atoms with E-state index in [1.807, 2.05) is 0 Å². The number of nitrogens with zero attached hydrogens (tertiary/aromatic N) is 7. The van der Waals surface area contributed by atoms with Crippen molar-refractivity contribution in [2.75, 3.05) is 19.6 Å². The molecule has 0 unspecified atom stereocenters. The second kappa shape index (κ2) is 8.16. The van der Waals surface area contributed by atoms with Crippen LogP contribution in [0.1, 0.15) is 44.1 Å². The molecule has 4 heterocycles. The number of fused-ring (bicyclic) bond motifs is 3. The summed E-state index contributed by atoms with van der Waals surface area (Å²) in [5.74, 6) is 0.832. The van der Waals surface area contributed by atoms with Crippen LogP contribution < -0.4 is 5.56 Å². The lowest BCUT2D eigenvalue weighted by atomic mass is 10.1. The van der Waals surface area contributed by atoms with Gasteiger partial charge in [-0.05, 0) is 37.8 Å². The van der Waals surface area contributed by atoms with E-state index in [-0.39, 0.29) is 33.5 Å². The van der Waals surface area contributed by atoms with Gasteiger partial charge in [-0.1, -0.05) is 23.7 Å². The second-order valence-electron chi connectivity index (χ2n) is 9.73. The highest BCUT2D eigenvalue weighted by Crippen LogP contribution is 2.47. The predicted octanol–water partition coefficient (Wildman–Crippen LogP) is 2.73. The van der Waals surface area contributed by atoms with Crippen LogP contribution in [0, 0.1) is 11.3 Å². The molecule has 1 aliphatic heterocycles. The van der Waals surface area contributed by atoms with Gasteiger partial charge in [-0.3, -0.25) is 9.20 Å². The van der Waals surface area contributed by atoms with Gasteiger partial charge < -0.3 is 19.1 Å². The van der Waals surface area contributed by atoms with Gasteiger partial charge in [-0.25, -0.2) is 4.98 Å². The Morgan fingerprint density at radius 1 is 1.26 bits per heavy atom. The van der Waals surface area contributed by atoms with Gasteiger partial charge >= 0.3 is 0 Å². The molecule has 1 saturated carbocycles. The molecule has 0 amide bonds. The fraction of sp³-hybridized carbons (Fsp3) is 0.458. The Morgan fingerprint density at radius 3 is 2.74 bits per heavy atom. The molecule has 2 aliphatic rings. The van der Waals surface area contributed by atoms with Crippen LogP contribution in [-0.4, -0.2) is 59.8 Å². The van der Waals surface area contributed by atoms with E-state index >= 15 is 0 Å². The first-order valence-electron chi connectivity index (χ1n) is 11.8. The molecule has 35 heavy (non-hydrogen) atoms. The number of hydrogen-bond acceptors (Lipinski definition) is 8. The first-order chi connectivity index (χ1) is 16.9. The van der Waals surface area contributed by atoms with E-state index in [2.05, 4.69) is 33.0 Å². The minimum Gasteiger partial charge on any atom is -0.393 e. The van der Waals surface area contributed by atoms with Crippen molar-refractivity contribution in [3.63, 3.8) is 0 Å². The van der Waals surface area contributed by atoms with Crippen molar-refractivity contribution in [3.8, 4) is 17.6 Å². The number of hydrogen-bond donors (Lipinski definition) is 1. The number of halogens is 1. The minimum atomic E-state index is -0.301. The standard InChI is InChI=1S/C24H24ClN7O3/c1-24(6-7-24)23-28-21(29-35-23)18-20-22(34)31(11-10-30-8-4-14(33)5-9-30)19-15(12-26)16(25)2-3-17(19)32(20)13-27-18/h2-3,13-14,33H,4-11H2,1H3. The molecule has 0 atom stereocenters. The zero-order valence-corrected chi connectivity index (χ0v) is 20.0. The average Bonchev–Trinajstić information content (AvgIpc) is 3.24. The second-order valence-corrected chi connectivity index (χ2v) is 10.1. The molecule has 4 aromatic rings. The van der Waals surface area contributed by atoms with Gasteiger partial charge in [0.05, 0.1) is 27.7 Å². The number of nitriles is 1. The van der Waals surface area contributed by atoms with Crippen LogP contribution in [-0.2, 0) is 12.0 Å². The normalized spacial score (nSPS) is 18.3. The zero-order valence-electron chi connectivity index (χ0n) is 19.2. The number of aromatic nitrogens is 5. The summed E-state index contributed by atoms with van der Waals surface area (Å²) in [7, 11) is 0. The summed E-state index contributed by atoms with van der Waals surface area (Å²) in [4.78, 5) is 25.2. The van der Waals surface area contributed by atoms with Crippen LogP contribution in [0.5, 0.6) is 0 Å². The smallest absolute Gasteiger partial charge is 0.277 e. The van der Waals surface area contributed by atoms with Crippen molar-refractivity contribution in [3.05, 3.63) is 45.3 Å². The molecule has 0 spiro atoms. The predicted molar refractivity (Wildman–Crippen MR) is 128 cm³/mol. The molecule has 0 radical (unpaired) electrons. The lowest BCUT2D eigenvalue weighted by Gasteiger charge is -2.29. The van der Waals surface area contributed by atoms with Gasteiger partial charge in [0.15, 0.2) is 0 Å². The van der Waals surface area contributed by atoms with Crippen molar-refractivity contribution >= 4 is 28.2 Å². The summed E-state index contributed by atoms with van der Waals surface area (Å²) < 4.78 is 8.78. The molecule has 3 aromatic heterocycles. The first kappa shape index (κ1) is 22.2. The van der Waals surface area contributed by atoms with Crippen LogP contribution >= 0.6 is 11.6 Å². The van der Waals surface area contributed by atoms with E-state index in [1.54, 1.807) is 27.4 Å². The lowest BCUT2D eigenvalue weighted by Crippen LogP contribution is -2.39. The largest absolute Gasteiger partial charge is 0.393 e. The summed E-state index contributed by atoms with van der Waals surface area (Å²) in [6.45, 7) is 4.54. The third kappa shape index (κ3) is 3.62. The molecule has 0 bridgehead atoms. The average molecular weight is 494 g/mol. The van der Waals surface area contributed by atoms with Gasteiger partial charge in [-0.15, -0.1) is 0 Å².